The molecule has 0 fully saturated rings. The predicted octanol–water partition coefficient (Wildman–Crippen LogP) is 4.73. The van der Waals surface area contributed by atoms with Gasteiger partial charge in [0.15, 0.2) is 5.43 Å². The molecule has 0 amide bonds. The molecular weight excluding hydrogens is 410 g/mol. The first kappa shape index (κ1) is 19.2. The Kier molecular flexibility index (Phi) is 5.37. The monoisotopic (exact) mass is 425 g/mol. The average molecular weight is 425 g/mol. The number of hydrogen-bond acceptors (Lipinski definition) is 7. The van der Waals surface area contributed by atoms with Crippen molar-refractivity contribution in [1.82, 2.24) is 4.98 Å². The first-order valence-corrected chi connectivity index (χ1v) is 10.4. The first-order chi connectivity index (χ1) is 14.0. The summed E-state index contributed by atoms with van der Waals surface area (Å²) in [6, 6.07) is 12.7. The molecule has 4 rings (SSSR count). The fourth-order valence-electron chi connectivity index (χ4n) is 2.78. The van der Waals surface area contributed by atoms with Crippen LogP contribution in [-0.2, 0) is 4.79 Å². The molecule has 0 bridgehead atoms. The van der Waals surface area contributed by atoms with Gasteiger partial charge in [-0.2, -0.15) is 0 Å². The summed E-state index contributed by atoms with van der Waals surface area (Å²) in [4.78, 5) is 29.3. The largest absolute Gasteiger partial charge is 0.497 e. The Hall–Kier alpha value is -3.10. The van der Waals surface area contributed by atoms with Crippen LogP contribution in [0.5, 0.6) is 5.75 Å². The van der Waals surface area contributed by atoms with Crippen LogP contribution in [0.15, 0.2) is 57.9 Å². The van der Waals surface area contributed by atoms with Gasteiger partial charge in [0.1, 0.15) is 22.6 Å². The molecule has 1 N–H and O–H groups in total. The molecule has 29 heavy (non-hydrogen) atoms. The van der Waals surface area contributed by atoms with E-state index in [-0.39, 0.29) is 11.2 Å². The van der Waals surface area contributed by atoms with Crippen LogP contribution < -0.4 is 10.2 Å². The van der Waals surface area contributed by atoms with Crippen molar-refractivity contribution in [3.8, 4) is 5.75 Å². The van der Waals surface area contributed by atoms with E-state index in [9.17, 15) is 9.59 Å². The number of methoxy groups -OCH3 is 1. The Morgan fingerprint density at radius 2 is 2.14 bits per heavy atom. The summed E-state index contributed by atoms with van der Waals surface area (Å²) in [5, 5.41) is 10.2. The predicted molar refractivity (Wildman–Crippen MR) is 117 cm³/mol. The second-order valence-corrected chi connectivity index (χ2v) is 8.11. The number of aliphatic carboxylic acids is 1. The molecule has 146 valence electrons. The van der Waals surface area contributed by atoms with Crippen molar-refractivity contribution in [1.29, 1.82) is 0 Å². The van der Waals surface area contributed by atoms with Crippen LogP contribution >= 0.6 is 23.1 Å². The van der Waals surface area contributed by atoms with Gasteiger partial charge in [0.25, 0.3) is 0 Å². The van der Waals surface area contributed by atoms with E-state index < -0.39 is 5.97 Å². The van der Waals surface area contributed by atoms with Gasteiger partial charge in [-0.05, 0) is 36.4 Å². The summed E-state index contributed by atoms with van der Waals surface area (Å²) < 4.78 is 11.8. The highest BCUT2D eigenvalue weighted by molar-refractivity contribution is 8.09. The van der Waals surface area contributed by atoms with Crippen molar-refractivity contribution in [2.24, 2.45) is 0 Å². The highest BCUT2D eigenvalue weighted by atomic mass is 32.2. The number of para-hydroxylation sites is 1. The van der Waals surface area contributed by atoms with Gasteiger partial charge in [0.2, 0.25) is 0 Å². The van der Waals surface area contributed by atoms with E-state index >= 15 is 0 Å². The second kappa shape index (κ2) is 8.10. The van der Waals surface area contributed by atoms with E-state index in [1.54, 1.807) is 24.3 Å². The number of aromatic nitrogens is 1. The molecule has 0 atom stereocenters. The van der Waals surface area contributed by atoms with E-state index in [2.05, 4.69) is 4.98 Å². The van der Waals surface area contributed by atoms with Crippen molar-refractivity contribution in [2.45, 2.75) is 0 Å². The van der Waals surface area contributed by atoms with Gasteiger partial charge < -0.3 is 14.3 Å². The van der Waals surface area contributed by atoms with E-state index in [0.717, 1.165) is 22.0 Å². The number of hydrogen-bond donors (Lipinski definition) is 1. The maximum Gasteiger partial charge on any atom is 0.313 e. The minimum Gasteiger partial charge on any atom is -0.497 e. The highest BCUT2D eigenvalue weighted by Crippen LogP contribution is 2.35. The SMILES string of the molecule is COc1ccc2occ(/C=C(\SCC(=O)O)c3nc4ccccc4s3)c(=O)c2c1. The maximum absolute atomic E-state index is 13.0. The van der Waals surface area contributed by atoms with Crippen LogP contribution in [0.25, 0.3) is 32.2 Å². The smallest absolute Gasteiger partial charge is 0.313 e. The molecule has 0 unspecified atom stereocenters. The average Bonchev–Trinajstić information content (AvgIpc) is 3.16. The lowest BCUT2D eigenvalue weighted by atomic mass is 10.1. The second-order valence-electron chi connectivity index (χ2n) is 6.06. The molecule has 0 aliphatic rings. The summed E-state index contributed by atoms with van der Waals surface area (Å²) in [5.74, 6) is -0.538. The van der Waals surface area contributed by atoms with Crippen molar-refractivity contribution in [2.75, 3.05) is 12.9 Å². The van der Waals surface area contributed by atoms with E-state index in [1.165, 1.54) is 24.7 Å². The number of benzene rings is 2. The van der Waals surface area contributed by atoms with Gasteiger partial charge in [-0.3, -0.25) is 9.59 Å². The molecule has 2 heterocycles. The summed E-state index contributed by atoms with van der Waals surface area (Å²) >= 11 is 2.56. The Bertz CT molecular complexity index is 1270. The topological polar surface area (TPSA) is 89.6 Å². The zero-order valence-corrected chi connectivity index (χ0v) is 16.9. The van der Waals surface area contributed by atoms with Crippen molar-refractivity contribution in [3.63, 3.8) is 0 Å². The molecule has 8 heteroatoms. The molecule has 2 aromatic carbocycles. The van der Waals surface area contributed by atoms with Crippen molar-refractivity contribution < 1.29 is 19.1 Å². The van der Waals surface area contributed by atoms with Gasteiger partial charge in [-0.25, -0.2) is 4.98 Å². The standard InChI is InChI=1S/C21H15NO5S2/c1-26-13-6-7-16-14(9-13)20(25)12(10-27-16)8-18(28-11-19(23)24)21-22-15-4-2-3-5-17(15)29-21/h2-10H,11H2,1H3,(H,23,24)/b18-8-. The third kappa shape index (κ3) is 4.03. The van der Waals surface area contributed by atoms with Gasteiger partial charge in [0.05, 0.1) is 34.0 Å². The fraction of sp³-hybridized carbons (Fsp3) is 0.0952. The number of fused-ring (bicyclic) bond motifs is 2. The molecule has 0 aliphatic heterocycles. The number of thioether (sulfide) groups is 1. The molecule has 0 saturated heterocycles. The van der Waals surface area contributed by atoms with E-state index in [4.69, 9.17) is 14.3 Å². The lowest BCUT2D eigenvalue weighted by Gasteiger charge is -2.04. The number of carbonyl (C=O) groups is 1. The van der Waals surface area contributed by atoms with Crippen LogP contribution in [0.2, 0.25) is 0 Å². The van der Waals surface area contributed by atoms with Gasteiger partial charge >= 0.3 is 5.97 Å². The van der Waals surface area contributed by atoms with Crippen molar-refractivity contribution in [3.05, 3.63) is 69.5 Å². The third-order valence-electron chi connectivity index (χ3n) is 4.15. The Balaban J connectivity index is 1.84. The lowest BCUT2D eigenvalue weighted by molar-refractivity contribution is -0.133. The number of thiazole rings is 1. The van der Waals surface area contributed by atoms with E-state index in [1.807, 2.05) is 24.3 Å². The van der Waals surface area contributed by atoms with Crippen LogP contribution in [0.1, 0.15) is 10.6 Å². The Morgan fingerprint density at radius 3 is 2.90 bits per heavy atom. The van der Waals surface area contributed by atoms with Crippen LogP contribution in [0.3, 0.4) is 0 Å². The van der Waals surface area contributed by atoms with Crippen molar-refractivity contribution >= 4 is 61.2 Å². The zero-order chi connectivity index (χ0) is 20.4. The molecule has 0 radical (unpaired) electrons. The van der Waals surface area contributed by atoms with E-state index in [0.29, 0.717) is 32.2 Å². The molecular formula is C21H15NO5S2. The van der Waals surface area contributed by atoms with Crippen LogP contribution in [0, 0.1) is 0 Å². The summed E-state index contributed by atoms with van der Waals surface area (Å²) in [6.45, 7) is 0. The number of nitrogens with zero attached hydrogens (tertiary/aromatic N) is 1. The van der Waals surface area contributed by atoms with Gasteiger partial charge in [0, 0.05) is 4.91 Å². The Labute approximate surface area is 173 Å². The quantitative estimate of drug-likeness (QED) is 0.478. The molecule has 6 nitrogen and oxygen atoms in total. The third-order valence-corrected chi connectivity index (χ3v) is 6.36. The number of carboxylic acids is 1. The minimum atomic E-state index is -0.947. The first-order valence-electron chi connectivity index (χ1n) is 8.57. The van der Waals surface area contributed by atoms with Crippen LogP contribution in [-0.4, -0.2) is 28.9 Å². The number of carboxylic acid groups (broad SMARTS) is 1. The number of rotatable bonds is 6. The molecule has 0 aliphatic carbocycles. The summed E-state index contributed by atoms with van der Waals surface area (Å²) in [6.07, 6.45) is 3.02. The minimum absolute atomic E-state index is 0.144. The number of ether oxygens (including phenoxy) is 1. The normalized spacial score (nSPS) is 11.8. The molecule has 4 aromatic rings. The lowest BCUT2D eigenvalue weighted by Crippen LogP contribution is -2.05. The molecule has 0 spiro atoms. The summed E-state index contributed by atoms with van der Waals surface area (Å²) in [7, 11) is 1.53. The summed E-state index contributed by atoms with van der Waals surface area (Å²) in [5.41, 5.74) is 1.37. The van der Waals surface area contributed by atoms with Gasteiger partial charge in [-0.15, -0.1) is 23.1 Å². The maximum atomic E-state index is 13.0. The highest BCUT2D eigenvalue weighted by Gasteiger charge is 2.14. The van der Waals surface area contributed by atoms with Crippen LogP contribution in [0.4, 0.5) is 0 Å². The zero-order valence-electron chi connectivity index (χ0n) is 15.2. The fourth-order valence-corrected chi connectivity index (χ4v) is 4.61. The van der Waals surface area contributed by atoms with Gasteiger partial charge in [-0.1, -0.05) is 12.1 Å². The Morgan fingerprint density at radius 1 is 1.31 bits per heavy atom. The molecule has 2 aromatic heterocycles. The molecule has 0 saturated carbocycles.